The van der Waals surface area contributed by atoms with Crippen LogP contribution in [0, 0.1) is 0 Å². The van der Waals surface area contributed by atoms with Gasteiger partial charge in [-0.15, -0.1) is 11.3 Å². The lowest BCUT2D eigenvalue weighted by Gasteiger charge is -2.24. The van der Waals surface area contributed by atoms with Crippen molar-refractivity contribution in [1.82, 2.24) is 9.55 Å². The van der Waals surface area contributed by atoms with Gasteiger partial charge in [0, 0.05) is 33.2 Å². The highest BCUT2D eigenvalue weighted by Gasteiger charge is 2.33. The van der Waals surface area contributed by atoms with Gasteiger partial charge in [0.15, 0.2) is 4.80 Å². The van der Waals surface area contributed by atoms with Crippen molar-refractivity contribution in [2.45, 2.75) is 13.0 Å². The molecule has 172 valence electrons. The second-order valence-corrected chi connectivity index (χ2v) is 10.2. The molecule has 0 fully saturated rings. The van der Waals surface area contributed by atoms with E-state index in [1.165, 1.54) is 22.7 Å². The van der Waals surface area contributed by atoms with E-state index < -0.39 is 6.04 Å². The van der Waals surface area contributed by atoms with Crippen LogP contribution in [-0.4, -0.2) is 15.5 Å². The molecule has 0 bridgehead atoms. The Balaban J connectivity index is 1.51. The van der Waals surface area contributed by atoms with Gasteiger partial charge in [-0.2, -0.15) is 0 Å². The van der Waals surface area contributed by atoms with Crippen LogP contribution < -0.4 is 20.2 Å². The topological polar surface area (TPSA) is 79.2 Å². The summed E-state index contributed by atoms with van der Waals surface area (Å²) in [5.41, 5.74) is 3.57. The Morgan fingerprint density at radius 2 is 1.89 bits per heavy atom. The summed E-state index contributed by atoms with van der Waals surface area (Å²) in [7, 11) is 0. The van der Waals surface area contributed by atoms with Gasteiger partial charge in [-0.3, -0.25) is 14.2 Å². The number of thiophene rings is 1. The molecule has 6 nitrogen and oxygen atoms in total. The van der Waals surface area contributed by atoms with E-state index in [0.717, 1.165) is 21.3 Å². The fourth-order valence-electron chi connectivity index (χ4n) is 4.40. The number of carbonyl (C=O) groups excluding carboxylic acids is 1. The number of thiazole rings is 1. The number of nitrogens with one attached hydrogen (secondary N) is 2. The third kappa shape index (κ3) is 3.77. The summed E-state index contributed by atoms with van der Waals surface area (Å²) in [5.74, 6) is -0.262. The number of anilines is 1. The smallest absolute Gasteiger partial charge is 0.271 e. The maximum Gasteiger partial charge on any atom is 0.271 e. The second kappa shape index (κ2) is 8.65. The highest BCUT2D eigenvalue weighted by molar-refractivity contribution is 7.10. The molecule has 0 aliphatic carbocycles. The number of hydrogen-bond acceptors (Lipinski definition) is 5. The first kappa shape index (κ1) is 21.5. The zero-order valence-electron chi connectivity index (χ0n) is 18.7. The van der Waals surface area contributed by atoms with Gasteiger partial charge in [0.05, 0.1) is 15.8 Å². The van der Waals surface area contributed by atoms with E-state index in [4.69, 9.17) is 4.99 Å². The van der Waals surface area contributed by atoms with Crippen LogP contribution in [0.15, 0.2) is 99.4 Å². The van der Waals surface area contributed by atoms with Gasteiger partial charge in [0.1, 0.15) is 6.04 Å². The van der Waals surface area contributed by atoms with Crippen molar-refractivity contribution in [1.29, 1.82) is 0 Å². The highest BCUT2D eigenvalue weighted by Crippen LogP contribution is 2.33. The number of fused-ring (bicyclic) bond motifs is 2. The Kier molecular flexibility index (Phi) is 5.32. The molecule has 2 N–H and O–H groups in total. The summed E-state index contributed by atoms with van der Waals surface area (Å²) in [4.78, 5) is 36.7. The number of aromatic nitrogens is 2. The number of H-pyrrole nitrogens is 1. The van der Waals surface area contributed by atoms with Gasteiger partial charge >= 0.3 is 0 Å². The molecule has 8 heteroatoms. The third-order valence-electron chi connectivity index (χ3n) is 6.02. The van der Waals surface area contributed by atoms with Crippen molar-refractivity contribution in [2.75, 3.05) is 5.32 Å². The van der Waals surface area contributed by atoms with Crippen molar-refractivity contribution < 1.29 is 4.79 Å². The predicted molar refractivity (Wildman–Crippen MR) is 141 cm³/mol. The third-order valence-corrected chi connectivity index (χ3v) is 7.93. The fraction of sp³-hybridized carbons (Fsp3) is 0.0741. The van der Waals surface area contributed by atoms with Crippen LogP contribution in [0.1, 0.15) is 23.4 Å². The van der Waals surface area contributed by atoms with Gasteiger partial charge in [-0.05, 0) is 42.6 Å². The number of allylic oxidation sites excluding steroid dienone is 1. The summed E-state index contributed by atoms with van der Waals surface area (Å²) in [6.07, 6.45) is 3.81. The fourth-order valence-corrected chi connectivity index (χ4v) is 6.26. The van der Waals surface area contributed by atoms with Crippen molar-refractivity contribution in [2.24, 2.45) is 4.99 Å². The number of rotatable bonds is 4. The molecule has 5 aromatic rings. The van der Waals surface area contributed by atoms with E-state index in [1.807, 2.05) is 91.3 Å². The molecule has 1 atom stereocenters. The average Bonchev–Trinajstić information content (AvgIpc) is 3.60. The minimum atomic E-state index is -0.542. The van der Waals surface area contributed by atoms with E-state index in [2.05, 4.69) is 10.3 Å². The van der Waals surface area contributed by atoms with Crippen LogP contribution in [0.3, 0.4) is 0 Å². The van der Waals surface area contributed by atoms with Gasteiger partial charge in [0.25, 0.3) is 11.5 Å². The maximum atomic E-state index is 13.7. The molecule has 1 aliphatic heterocycles. The van der Waals surface area contributed by atoms with Crippen molar-refractivity contribution in [3.05, 3.63) is 120 Å². The molecule has 1 unspecified atom stereocenters. The van der Waals surface area contributed by atoms with E-state index >= 15 is 0 Å². The lowest BCUT2D eigenvalue weighted by Crippen LogP contribution is -2.40. The molecule has 0 radical (unpaired) electrons. The normalized spacial score (nSPS) is 15.8. The van der Waals surface area contributed by atoms with Crippen LogP contribution in [0.2, 0.25) is 0 Å². The van der Waals surface area contributed by atoms with Gasteiger partial charge in [-0.25, -0.2) is 4.99 Å². The number of nitrogens with zero attached hydrogens (tertiary/aromatic N) is 2. The summed E-state index contributed by atoms with van der Waals surface area (Å²) >= 11 is 2.87. The molecule has 1 amide bonds. The zero-order valence-corrected chi connectivity index (χ0v) is 20.3. The van der Waals surface area contributed by atoms with Crippen LogP contribution in [0.5, 0.6) is 0 Å². The molecule has 0 spiro atoms. The molecule has 4 heterocycles. The Morgan fingerprint density at radius 1 is 1.09 bits per heavy atom. The molecular formula is C27H20N4O2S2. The Morgan fingerprint density at radius 3 is 2.69 bits per heavy atom. The van der Waals surface area contributed by atoms with Crippen LogP contribution >= 0.6 is 22.7 Å². The predicted octanol–water partition coefficient (Wildman–Crippen LogP) is 4.42. The van der Waals surface area contributed by atoms with Gasteiger partial charge in [0.2, 0.25) is 0 Å². The quantitative estimate of drug-likeness (QED) is 0.386. The molecule has 35 heavy (non-hydrogen) atoms. The molecule has 0 saturated carbocycles. The number of hydrogen-bond donors (Lipinski definition) is 2. The van der Waals surface area contributed by atoms with Crippen molar-refractivity contribution in [3.8, 4) is 0 Å². The summed E-state index contributed by atoms with van der Waals surface area (Å²) in [6.45, 7) is 1.83. The van der Waals surface area contributed by atoms with Crippen molar-refractivity contribution >= 4 is 51.2 Å². The SMILES string of the molecule is CC1=C(C(=O)Nc2ccccc2)C(c2cccs2)n2c(s/c(=C\c3c[nH]c4ccccc34)c2=O)=N1. The molecule has 0 saturated heterocycles. The van der Waals surface area contributed by atoms with Crippen molar-refractivity contribution in [3.63, 3.8) is 0 Å². The van der Waals surface area contributed by atoms with E-state index in [-0.39, 0.29) is 11.5 Å². The van der Waals surface area contributed by atoms with E-state index in [9.17, 15) is 9.59 Å². The number of aromatic amines is 1. The summed E-state index contributed by atoms with van der Waals surface area (Å²) in [5, 5.41) is 5.98. The highest BCUT2D eigenvalue weighted by atomic mass is 32.1. The lowest BCUT2D eigenvalue weighted by atomic mass is 10.0. The molecule has 6 rings (SSSR count). The van der Waals surface area contributed by atoms with Gasteiger partial charge < -0.3 is 10.3 Å². The standard InChI is InChI=1S/C27H20N4O2S2/c1-16-23(25(32)30-18-8-3-2-4-9-18)24(21-12-7-13-34-21)31-26(33)22(35-27(31)29-16)14-17-15-28-20-11-6-5-10-19(17)20/h2-15,24,28H,1H3,(H,30,32)/b22-14-. The first-order valence-corrected chi connectivity index (χ1v) is 12.8. The number of para-hydroxylation sites is 2. The summed E-state index contributed by atoms with van der Waals surface area (Å²) < 4.78 is 2.23. The molecular weight excluding hydrogens is 476 g/mol. The van der Waals surface area contributed by atoms with E-state index in [1.54, 1.807) is 4.57 Å². The Hall–Kier alpha value is -4.01. The average molecular weight is 497 g/mol. The van der Waals surface area contributed by atoms with Crippen LogP contribution in [-0.2, 0) is 4.79 Å². The molecule has 1 aliphatic rings. The minimum Gasteiger partial charge on any atom is -0.361 e. The van der Waals surface area contributed by atoms with Crippen LogP contribution in [0.4, 0.5) is 5.69 Å². The zero-order chi connectivity index (χ0) is 23.9. The van der Waals surface area contributed by atoms with Crippen LogP contribution in [0.25, 0.3) is 17.0 Å². The molecule has 3 aromatic heterocycles. The largest absolute Gasteiger partial charge is 0.361 e. The Labute approximate surface area is 208 Å². The number of carbonyl (C=O) groups is 1. The van der Waals surface area contributed by atoms with E-state index in [0.29, 0.717) is 26.3 Å². The number of benzene rings is 2. The Bertz CT molecular complexity index is 1770. The first-order valence-electron chi connectivity index (χ1n) is 11.1. The van der Waals surface area contributed by atoms with Gasteiger partial charge in [-0.1, -0.05) is 53.8 Å². The first-order chi connectivity index (χ1) is 17.1. The number of amides is 1. The minimum absolute atomic E-state index is 0.157. The maximum absolute atomic E-state index is 13.7. The second-order valence-electron chi connectivity index (χ2n) is 8.21. The molecule has 2 aromatic carbocycles. The monoisotopic (exact) mass is 496 g/mol. The summed E-state index contributed by atoms with van der Waals surface area (Å²) in [6, 6.07) is 20.6. The lowest BCUT2D eigenvalue weighted by molar-refractivity contribution is -0.113.